The van der Waals surface area contributed by atoms with Gasteiger partial charge in [-0.05, 0) is 130 Å². The Kier molecular flexibility index (Phi) is 10.8. The summed E-state index contributed by atoms with van der Waals surface area (Å²) in [4.78, 5) is 38.5. The van der Waals surface area contributed by atoms with Crippen molar-refractivity contribution in [3.05, 3.63) is 117 Å². The van der Waals surface area contributed by atoms with Gasteiger partial charge < -0.3 is 15.2 Å². The number of amides is 1. The maximum atomic E-state index is 13.5. The van der Waals surface area contributed by atoms with Crippen molar-refractivity contribution < 1.29 is 14.0 Å². The molecular weight excluding hydrogens is 684 g/mol. The van der Waals surface area contributed by atoms with E-state index in [1.54, 1.807) is 42.5 Å². The van der Waals surface area contributed by atoms with Gasteiger partial charge in [-0.15, -0.1) is 0 Å². The first-order valence-corrected chi connectivity index (χ1v) is 17.3. The molecule has 1 aliphatic heterocycles. The van der Waals surface area contributed by atoms with Gasteiger partial charge in [0.25, 0.3) is 11.1 Å². The topological polar surface area (TPSA) is 91.0 Å². The van der Waals surface area contributed by atoms with Crippen molar-refractivity contribution >= 4 is 78.7 Å². The average Bonchev–Trinajstić information content (AvgIpc) is 3.49. The van der Waals surface area contributed by atoms with Crippen LogP contribution in [0.5, 0.6) is 0 Å². The molecule has 3 aromatic carbocycles. The number of carbonyl (C=O) groups is 2. The number of rotatable bonds is 7. The molecule has 252 valence electrons. The lowest BCUT2D eigenvalue weighted by molar-refractivity contribution is 0.0952. The summed E-state index contributed by atoms with van der Waals surface area (Å²) >= 11 is 17.4. The minimum absolute atomic E-state index is 0.0766. The molecule has 49 heavy (non-hydrogen) atoms. The number of piperidine rings is 1. The van der Waals surface area contributed by atoms with Crippen LogP contribution in [0, 0.1) is 19.7 Å². The average molecular weight is 719 g/mol. The summed E-state index contributed by atoms with van der Waals surface area (Å²) in [6.45, 7) is 7.34. The summed E-state index contributed by atoms with van der Waals surface area (Å²) in [5.74, 6) is 0.207. The predicted octanol–water partition coefficient (Wildman–Crippen LogP) is 9.39. The van der Waals surface area contributed by atoms with Gasteiger partial charge in [-0.2, -0.15) is 0 Å². The predicted molar refractivity (Wildman–Crippen MR) is 197 cm³/mol. The highest BCUT2D eigenvalue weighted by atomic mass is 35.5. The molecule has 1 fully saturated rings. The minimum atomic E-state index is -0.479. The number of benzene rings is 3. The highest BCUT2D eigenvalue weighted by Crippen LogP contribution is 2.33. The maximum absolute atomic E-state index is 13.5. The van der Waals surface area contributed by atoms with Gasteiger partial charge in [0, 0.05) is 61.4 Å². The largest absolute Gasteiger partial charge is 0.361 e. The fraction of sp³-hybridized carbons (Fsp3) is 0.263. The number of H-pyrrole nitrogens is 1. The smallest absolute Gasteiger partial charge is 0.253 e. The molecule has 0 aliphatic carbocycles. The van der Waals surface area contributed by atoms with Crippen molar-refractivity contribution in [2.75, 3.05) is 26.2 Å². The molecule has 0 saturated carbocycles. The van der Waals surface area contributed by atoms with Gasteiger partial charge in [0.05, 0.1) is 16.6 Å². The first kappa shape index (κ1) is 34.8. The number of pyridine rings is 2. The second-order valence-corrected chi connectivity index (χ2v) is 13.6. The van der Waals surface area contributed by atoms with Crippen LogP contribution in [0.3, 0.4) is 0 Å². The number of hydrogen-bond donors (Lipinski definition) is 2. The number of aromatic nitrogens is 3. The molecule has 1 aliphatic rings. The number of aromatic amines is 1. The van der Waals surface area contributed by atoms with E-state index in [0.29, 0.717) is 39.2 Å². The molecule has 4 heterocycles. The van der Waals surface area contributed by atoms with Crippen LogP contribution >= 0.6 is 34.8 Å². The zero-order valence-corrected chi connectivity index (χ0v) is 29.4. The van der Waals surface area contributed by atoms with Crippen LogP contribution in [-0.2, 0) is 0 Å². The van der Waals surface area contributed by atoms with Gasteiger partial charge >= 0.3 is 0 Å². The van der Waals surface area contributed by atoms with Gasteiger partial charge in [0.2, 0.25) is 0 Å². The van der Waals surface area contributed by atoms with Crippen molar-refractivity contribution in [3.63, 3.8) is 0 Å². The van der Waals surface area contributed by atoms with Gasteiger partial charge in [0.15, 0.2) is 0 Å². The zero-order chi connectivity index (χ0) is 34.7. The molecular formula is C38H35Cl3FN5O2. The zero-order valence-electron chi connectivity index (χ0n) is 27.1. The molecule has 0 bridgehead atoms. The number of aryl methyl sites for hydroxylation is 2. The summed E-state index contributed by atoms with van der Waals surface area (Å²) < 4.78 is 13.5. The normalized spacial score (nSPS) is 13.8. The van der Waals surface area contributed by atoms with Crippen LogP contribution < -0.4 is 5.32 Å². The third-order valence-corrected chi connectivity index (χ3v) is 9.57. The lowest BCUT2D eigenvalue weighted by Crippen LogP contribution is -2.35. The molecule has 7 rings (SSSR count). The molecule has 6 aromatic rings. The van der Waals surface area contributed by atoms with Crippen LogP contribution in [0.15, 0.2) is 72.9 Å². The van der Waals surface area contributed by atoms with Crippen LogP contribution in [0.25, 0.3) is 32.7 Å². The third kappa shape index (κ3) is 8.22. The first-order chi connectivity index (χ1) is 23.5. The monoisotopic (exact) mass is 717 g/mol. The minimum Gasteiger partial charge on any atom is -0.361 e. The highest BCUT2D eigenvalue weighted by molar-refractivity contribution is 6.68. The molecule has 1 saturated heterocycles. The number of nitrogens with zero attached hydrogens (tertiary/aromatic N) is 3. The standard InChI is InChI=1S/C27H28ClFN4O.C11H7Cl2NO/c1-17-13-23(21-5-3-19(28)14-26(21)32-17)27(34)30-9-2-10-33-11-7-18(8-12-33)24-16-31-25-15-20(29)4-6-22(24)25;1-6-4-9(11(13)15)8-3-2-7(12)5-10(8)14-6/h3-6,13-16,18,31H,2,7-12H2,1H3,(H,30,34);2-5H,1H3. The Labute approximate surface area is 298 Å². The molecule has 11 heteroatoms. The van der Waals surface area contributed by atoms with E-state index >= 15 is 0 Å². The molecule has 1 amide bonds. The van der Waals surface area contributed by atoms with Crippen molar-refractivity contribution in [2.24, 2.45) is 0 Å². The van der Waals surface area contributed by atoms with E-state index in [-0.39, 0.29) is 11.7 Å². The van der Waals surface area contributed by atoms with Crippen molar-refractivity contribution in [1.29, 1.82) is 0 Å². The number of likely N-dealkylation sites (tertiary alicyclic amines) is 1. The third-order valence-electron chi connectivity index (χ3n) is 8.90. The van der Waals surface area contributed by atoms with Gasteiger partial charge in [-0.3, -0.25) is 19.6 Å². The summed E-state index contributed by atoms with van der Waals surface area (Å²) in [5.41, 5.74) is 6.23. The van der Waals surface area contributed by atoms with Crippen LogP contribution in [0.1, 0.15) is 62.8 Å². The fourth-order valence-electron chi connectivity index (χ4n) is 6.54. The maximum Gasteiger partial charge on any atom is 0.253 e. The van der Waals surface area contributed by atoms with E-state index in [9.17, 15) is 14.0 Å². The number of hydrogen-bond acceptors (Lipinski definition) is 5. The van der Waals surface area contributed by atoms with Gasteiger partial charge in [-0.25, -0.2) is 4.39 Å². The van der Waals surface area contributed by atoms with E-state index in [1.807, 2.05) is 38.2 Å². The lowest BCUT2D eigenvalue weighted by Gasteiger charge is -2.32. The highest BCUT2D eigenvalue weighted by Gasteiger charge is 2.23. The summed E-state index contributed by atoms with van der Waals surface area (Å²) in [7, 11) is 0. The second kappa shape index (κ2) is 15.2. The molecule has 3 aromatic heterocycles. The van der Waals surface area contributed by atoms with Crippen LogP contribution in [0.2, 0.25) is 10.0 Å². The number of halogens is 4. The summed E-state index contributed by atoms with van der Waals surface area (Å²) in [5, 5.41) is 6.46. The lowest BCUT2D eigenvalue weighted by atomic mass is 9.89. The Morgan fingerprint density at radius 2 is 1.45 bits per heavy atom. The fourth-order valence-corrected chi connectivity index (χ4v) is 7.03. The summed E-state index contributed by atoms with van der Waals surface area (Å²) in [6.07, 6.45) is 5.11. The van der Waals surface area contributed by atoms with Crippen molar-refractivity contribution in [2.45, 2.75) is 39.0 Å². The quantitative estimate of drug-likeness (QED) is 0.127. The Hall–Kier alpha value is -4.08. The number of fused-ring (bicyclic) bond motifs is 3. The van der Waals surface area contributed by atoms with Crippen molar-refractivity contribution in [1.82, 2.24) is 25.2 Å². The Morgan fingerprint density at radius 3 is 2.08 bits per heavy atom. The van der Waals surface area contributed by atoms with E-state index in [2.05, 4.69) is 25.2 Å². The van der Waals surface area contributed by atoms with Crippen molar-refractivity contribution in [3.8, 4) is 0 Å². The number of nitrogens with one attached hydrogen (secondary N) is 2. The summed E-state index contributed by atoms with van der Waals surface area (Å²) in [6, 6.07) is 19.1. The SMILES string of the molecule is Cc1cc(C(=O)Cl)c2ccc(Cl)cc2n1.Cc1cc(C(=O)NCCCN2CCC(c3c[nH]c4cc(F)ccc34)CC2)c2ccc(Cl)cc2n1. The van der Waals surface area contributed by atoms with Gasteiger partial charge in [-0.1, -0.05) is 35.3 Å². The van der Waals surface area contributed by atoms with Crippen LogP contribution in [0.4, 0.5) is 4.39 Å². The molecule has 2 N–H and O–H groups in total. The molecule has 0 atom stereocenters. The number of carbonyl (C=O) groups excluding carboxylic acids is 2. The van der Waals surface area contributed by atoms with Gasteiger partial charge in [0.1, 0.15) is 5.82 Å². The van der Waals surface area contributed by atoms with E-state index in [0.717, 1.165) is 77.5 Å². The Morgan fingerprint density at radius 1 is 0.857 bits per heavy atom. The van der Waals surface area contributed by atoms with E-state index < -0.39 is 5.24 Å². The van der Waals surface area contributed by atoms with E-state index in [4.69, 9.17) is 34.8 Å². The molecule has 0 spiro atoms. The second-order valence-electron chi connectivity index (χ2n) is 12.4. The Bertz CT molecular complexity index is 2170. The Balaban J connectivity index is 0.000000232. The first-order valence-electron chi connectivity index (χ1n) is 16.2. The van der Waals surface area contributed by atoms with Crippen LogP contribution in [-0.4, -0.2) is 57.2 Å². The molecule has 0 unspecified atom stereocenters. The molecule has 0 radical (unpaired) electrons. The van der Waals surface area contributed by atoms with E-state index in [1.165, 1.54) is 11.6 Å². The molecule has 7 nitrogen and oxygen atoms in total.